The quantitative estimate of drug-likeness (QED) is 0.920. The van der Waals surface area contributed by atoms with Crippen LogP contribution in [0, 0.1) is 13.8 Å². The van der Waals surface area contributed by atoms with Gasteiger partial charge in [0.25, 0.3) is 10.0 Å². The highest BCUT2D eigenvalue weighted by molar-refractivity contribution is 7.94. The maximum atomic E-state index is 12.7. The second-order valence-electron chi connectivity index (χ2n) is 5.08. The summed E-state index contributed by atoms with van der Waals surface area (Å²) in [6.45, 7) is 4.44. The molecule has 2 aromatic rings. The van der Waals surface area contributed by atoms with Crippen molar-refractivity contribution >= 4 is 27.0 Å². The molecule has 4 nitrogen and oxygen atoms in total. The van der Waals surface area contributed by atoms with Crippen LogP contribution in [-0.2, 0) is 16.4 Å². The van der Waals surface area contributed by atoms with Crippen LogP contribution in [0.3, 0.4) is 0 Å². The lowest BCUT2D eigenvalue weighted by Gasteiger charge is -2.19. The van der Waals surface area contributed by atoms with Crippen LogP contribution in [0.5, 0.6) is 0 Å². The van der Waals surface area contributed by atoms with Gasteiger partial charge in [-0.25, -0.2) is 8.42 Å². The van der Waals surface area contributed by atoms with Gasteiger partial charge in [0.15, 0.2) is 0 Å². The molecule has 2 N–H and O–H groups in total. The molecule has 6 heteroatoms. The summed E-state index contributed by atoms with van der Waals surface area (Å²) in [4.78, 5) is 0.991. The lowest BCUT2D eigenvalue weighted by Crippen LogP contribution is -2.25. The molecule has 1 heterocycles. The Bertz CT molecular complexity index is 716. The minimum Gasteiger partial charge on any atom is -0.330 e. The SMILES string of the molecule is Cc1cc(C)cc(N(C)S(=O)(=O)c2ccc(CCN)s2)c1. The average molecular weight is 324 g/mol. The van der Waals surface area contributed by atoms with Gasteiger partial charge in [-0.15, -0.1) is 11.3 Å². The largest absolute Gasteiger partial charge is 0.330 e. The van der Waals surface area contributed by atoms with Crippen LogP contribution >= 0.6 is 11.3 Å². The molecule has 0 saturated carbocycles. The normalized spacial score (nSPS) is 11.6. The van der Waals surface area contributed by atoms with Gasteiger partial charge in [0.05, 0.1) is 5.69 Å². The second kappa shape index (κ2) is 6.17. The molecule has 0 saturated heterocycles. The first-order chi connectivity index (χ1) is 9.84. The van der Waals surface area contributed by atoms with Crippen molar-refractivity contribution < 1.29 is 8.42 Å². The minimum absolute atomic E-state index is 0.354. The Morgan fingerprint density at radius 1 is 1.14 bits per heavy atom. The number of nitrogens with zero attached hydrogens (tertiary/aromatic N) is 1. The Morgan fingerprint density at radius 3 is 2.33 bits per heavy atom. The standard InChI is InChI=1S/C15H20N2O2S2/c1-11-8-12(2)10-13(9-11)17(3)21(18,19)15-5-4-14(20-15)6-7-16/h4-5,8-10H,6-7,16H2,1-3H3. The third-order valence-electron chi connectivity index (χ3n) is 3.21. The molecule has 0 aliphatic rings. The Morgan fingerprint density at radius 2 is 1.76 bits per heavy atom. The number of sulfonamides is 1. The van der Waals surface area contributed by atoms with Crippen LogP contribution in [-0.4, -0.2) is 22.0 Å². The molecule has 1 aromatic carbocycles. The van der Waals surface area contributed by atoms with E-state index < -0.39 is 10.0 Å². The van der Waals surface area contributed by atoms with Gasteiger partial charge in [-0.3, -0.25) is 4.31 Å². The topological polar surface area (TPSA) is 63.4 Å². The van der Waals surface area contributed by atoms with Gasteiger partial charge in [0.2, 0.25) is 0 Å². The van der Waals surface area contributed by atoms with Crippen molar-refractivity contribution in [2.45, 2.75) is 24.5 Å². The Balaban J connectivity index is 2.37. The second-order valence-corrected chi connectivity index (χ2v) is 8.44. The van der Waals surface area contributed by atoms with E-state index >= 15 is 0 Å². The summed E-state index contributed by atoms with van der Waals surface area (Å²) in [6, 6.07) is 9.26. The van der Waals surface area contributed by atoms with Crippen molar-refractivity contribution in [1.82, 2.24) is 0 Å². The van der Waals surface area contributed by atoms with Gasteiger partial charge < -0.3 is 5.73 Å². The molecule has 0 unspecified atom stereocenters. The lowest BCUT2D eigenvalue weighted by atomic mass is 10.1. The molecule has 1 aromatic heterocycles. The van der Waals surface area contributed by atoms with Gasteiger partial charge in [-0.05, 0) is 62.2 Å². The van der Waals surface area contributed by atoms with E-state index in [4.69, 9.17) is 5.73 Å². The van der Waals surface area contributed by atoms with Gasteiger partial charge >= 0.3 is 0 Å². The van der Waals surface area contributed by atoms with Crippen molar-refractivity contribution in [3.63, 3.8) is 0 Å². The van der Waals surface area contributed by atoms with Crippen LogP contribution in [0.4, 0.5) is 5.69 Å². The van der Waals surface area contributed by atoms with E-state index in [9.17, 15) is 8.42 Å². The Hall–Kier alpha value is -1.37. The summed E-state index contributed by atoms with van der Waals surface area (Å²) in [6.07, 6.45) is 0.702. The van der Waals surface area contributed by atoms with E-state index in [1.54, 1.807) is 13.1 Å². The highest BCUT2D eigenvalue weighted by atomic mass is 32.2. The van der Waals surface area contributed by atoms with E-state index in [1.165, 1.54) is 15.6 Å². The van der Waals surface area contributed by atoms with E-state index in [1.807, 2.05) is 38.1 Å². The zero-order valence-electron chi connectivity index (χ0n) is 12.5. The third-order valence-corrected chi connectivity index (χ3v) is 6.61. The summed E-state index contributed by atoms with van der Waals surface area (Å²) in [5, 5.41) is 0. The summed E-state index contributed by atoms with van der Waals surface area (Å²) >= 11 is 1.29. The predicted octanol–water partition coefficient (Wildman–Crippen LogP) is 2.69. The molecule has 0 fully saturated rings. The fourth-order valence-corrected chi connectivity index (χ4v) is 4.90. The molecule has 0 radical (unpaired) electrons. The van der Waals surface area contributed by atoms with Crippen LogP contribution < -0.4 is 10.0 Å². The van der Waals surface area contributed by atoms with E-state index in [2.05, 4.69) is 0 Å². The molecule has 0 amide bonds. The fourth-order valence-electron chi connectivity index (χ4n) is 2.18. The van der Waals surface area contributed by atoms with Crippen molar-refractivity contribution in [3.05, 3.63) is 46.3 Å². The number of thiophene rings is 1. The van der Waals surface area contributed by atoms with Crippen LogP contribution in [0.1, 0.15) is 16.0 Å². The number of hydrogen-bond donors (Lipinski definition) is 1. The number of anilines is 1. The van der Waals surface area contributed by atoms with Crippen molar-refractivity contribution in [2.24, 2.45) is 5.73 Å². The van der Waals surface area contributed by atoms with Crippen LogP contribution in [0.15, 0.2) is 34.5 Å². The Labute approximate surface area is 130 Å². The van der Waals surface area contributed by atoms with Gasteiger partial charge in [0.1, 0.15) is 4.21 Å². The molecular formula is C15H20N2O2S2. The Kier molecular flexibility index (Phi) is 4.70. The summed E-state index contributed by atoms with van der Waals surface area (Å²) in [5.41, 5.74) is 8.28. The third kappa shape index (κ3) is 3.45. The zero-order valence-corrected chi connectivity index (χ0v) is 14.1. The van der Waals surface area contributed by atoms with Gasteiger partial charge in [-0.1, -0.05) is 6.07 Å². The molecular weight excluding hydrogens is 304 g/mol. The number of rotatable bonds is 5. The molecule has 0 atom stereocenters. The molecule has 0 bridgehead atoms. The summed E-state index contributed by atoms with van der Waals surface area (Å²) in [5.74, 6) is 0. The number of benzene rings is 1. The fraction of sp³-hybridized carbons (Fsp3) is 0.333. The number of hydrogen-bond acceptors (Lipinski definition) is 4. The lowest BCUT2D eigenvalue weighted by molar-refractivity contribution is 0.596. The van der Waals surface area contributed by atoms with Gasteiger partial charge in [0, 0.05) is 11.9 Å². The van der Waals surface area contributed by atoms with Crippen LogP contribution in [0.2, 0.25) is 0 Å². The van der Waals surface area contributed by atoms with E-state index in [0.29, 0.717) is 22.9 Å². The zero-order chi connectivity index (χ0) is 15.6. The van der Waals surface area contributed by atoms with Gasteiger partial charge in [-0.2, -0.15) is 0 Å². The predicted molar refractivity (Wildman–Crippen MR) is 88.6 cm³/mol. The van der Waals surface area contributed by atoms with Crippen molar-refractivity contribution in [3.8, 4) is 0 Å². The molecule has 0 spiro atoms. The maximum Gasteiger partial charge on any atom is 0.273 e. The van der Waals surface area contributed by atoms with E-state index in [-0.39, 0.29) is 0 Å². The molecule has 114 valence electrons. The smallest absolute Gasteiger partial charge is 0.273 e. The monoisotopic (exact) mass is 324 g/mol. The molecule has 21 heavy (non-hydrogen) atoms. The molecule has 0 aliphatic carbocycles. The van der Waals surface area contributed by atoms with Crippen molar-refractivity contribution in [1.29, 1.82) is 0 Å². The first-order valence-electron chi connectivity index (χ1n) is 6.70. The van der Waals surface area contributed by atoms with Crippen molar-refractivity contribution in [2.75, 3.05) is 17.9 Å². The van der Waals surface area contributed by atoms with E-state index in [0.717, 1.165) is 16.0 Å². The number of aryl methyl sites for hydroxylation is 2. The van der Waals surface area contributed by atoms with Crippen LogP contribution in [0.25, 0.3) is 0 Å². The first-order valence-corrected chi connectivity index (χ1v) is 8.96. The maximum absolute atomic E-state index is 12.7. The minimum atomic E-state index is -3.51. The summed E-state index contributed by atoms with van der Waals surface area (Å²) < 4.78 is 27.0. The summed E-state index contributed by atoms with van der Waals surface area (Å²) in [7, 11) is -1.92. The molecule has 2 rings (SSSR count). The number of nitrogens with two attached hydrogens (primary N) is 1. The highest BCUT2D eigenvalue weighted by Gasteiger charge is 2.23. The highest BCUT2D eigenvalue weighted by Crippen LogP contribution is 2.28. The first kappa shape index (κ1) is 16.0. The average Bonchev–Trinajstić information content (AvgIpc) is 2.86. The molecule has 0 aliphatic heterocycles.